The molecule has 0 saturated carbocycles. The van der Waals surface area contributed by atoms with E-state index in [2.05, 4.69) is 9.97 Å². The summed E-state index contributed by atoms with van der Waals surface area (Å²) in [5.74, 6) is -2.37. The van der Waals surface area contributed by atoms with Crippen LogP contribution in [0.3, 0.4) is 0 Å². The first-order valence-corrected chi connectivity index (χ1v) is 12.4. The van der Waals surface area contributed by atoms with Gasteiger partial charge in [-0.2, -0.15) is 4.39 Å². The lowest BCUT2D eigenvalue weighted by atomic mass is 9.95. The van der Waals surface area contributed by atoms with Crippen LogP contribution < -0.4 is 10.2 Å². The number of rotatable bonds is 6. The Hall–Kier alpha value is -4.79. The van der Waals surface area contributed by atoms with Gasteiger partial charge in [-0.3, -0.25) is 14.6 Å². The van der Waals surface area contributed by atoms with Crippen molar-refractivity contribution in [3.8, 4) is 22.6 Å². The molecule has 0 atom stereocenters. The number of benzene rings is 2. The fourth-order valence-corrected chi connectivity index (χ4v) is 4.59. The van der Waals surface area contributed by atoms with Crippen LogP contribution in [0.4, 0.5) is 13.2 Å². The third-order valence-electron chi connectivity index (χ3n) is 6.83. The van der Waals surface area contributed by atoms with Gasteiger partial charge in [0.2, 0.25) is 5.95 Å². The number of nitrogens with zero attached hydrogens (tertiary/aromatic N) is 3. The highest BCUT2D eigenvalue weighted by Crippen LogP contribution is 2.31. The van der Waals surface area contributed by atoms with Crippen LogP contribution in [0.1, 0.15) is 32.7 Å². The zero-order chi connectivity index (χ0) is 28.7. The molecule has 202 valence electrons. The minimum Gasteiger partial charge on any atom is -0.452 e. The normalized spacial score (nSPS) is 11.2. The smallest absolute Gasteiger partial charge is 0.216 e. The first-order chi connectivity index (χ1) is 19.0. The maximum Gasteiger partial charge on any atom is 0.216 e. The Morgan fingerprint density at radius 1 is 0.950 bits per heavy atom. The molecule has 2 aromatic carbocycles. The number of aromatic nitrogens is 3. The molecule has 0 unspecified atom stereocenters. The molecular formula is C31H24F3N3O3. The molecule has 0 aliphatic rings. The number of carbonyl (C=O) groups is 1. The van der Waals surface area contributed by atoms with Crippen molar-refractivity contribution in [2.24, 2.45) is 7.05 Å². The molecule has 40 heavy (non-hydrogen) atoms. The highest BCUT2D eigenvalue weighted by molar-refractivity contribution is 5.98. The number of hydrogen-bond donors (Lipinski definition) is 0. The third-order valence-corrected chi connectivity index (χ3v) is 6.83. The Labute approximate surface area is 227 Å². The molecule has 3 heterocycles. The molecule has 0 bridgehead atoms. The van der Waals surface area contributed by atoms with Gasteiger partial charge < -0.3 is 9.30 Å². The lowest BCUT2D eigenvalue weighted by Gasteiger charge is -2.15. The fourth-order valence-electron chi connectivity index (χ4n) is 4.59. The second-order valence-corrected chi connectivity index (χ2v) is 9.64. The monoisotopic (exact) mass is 543 g/mol. The van der Waals surface area contributed by atoms with Crippen molar-refractivity contribution in [1.29, 1.82) is 0 Å². The molecule has 6 nitrogen and oxygen atoms in total. The first kappa shape index (κ1) is 26.8. The molecule has 0 radical (unpaired) electrons. The number of aryl methyl sites for hydroxylation is 3. The van der Waals surface area contributed by atoms with Crippen LogP contribution in [0, 0.1) is 38.4 Å². The van der Waals surface area contributed by atoms with Crippen LogP contribution in [-0.2, 0) is 13.5 Å². The number of ether oxygens (including phenoxy) is 1. The van der Waals surface area contributed by atoms with E-state index in [-0.39, 0.29) is 29.0 Å². The van der Waals surface area contributed by atoms with E-state index < -0.39 is 28.8 Å². The largest absolute Gasteiger partial charge is 0.452 e. The lowest BCUT2D eigenvalue weighted by molar-refractivity contribution is 0.0991. The van der Waals surface area contributed by atoms with Crippen molar-refractivity contribution in [2.75, 3.05) is 0 Å². The van der Waals surface area contributed by atoms with Gasteiger partial charge in [0.05, 0.1) is 11.1 Å². The molecule has 0 spiro atoms. The van der Waals surface area contributed by atoms with Crippen molar-refractivity contribution in [3.05, 3.63) is 117 Å². The Balaban J connectivity index is 1.43. The summed E-state index contributed by atoms with van der Waals surface area (Å²) in [6.45, 7) is 5.01. The number of carbonyl (C=O) groups excluding carboxylic acids is 1. The van der Waals surface area contributed by atoms with Crippen molar-refractivity contribution >= 4 is 16.8 Å². The van der Waals surface area contributed by atoms with Crippen LogP contribution in [0.2, 0.25) is 0 Å². The minimum atomic E-state index is -0.748. The molecule has 0 aliphatic heterocycles. The Morgan fingerprint density at radius 3 is 2.45 bits per heavy atom. The summed E-state index contributed by atoms with van der Waals surface area (Å²) in [6.07, 6.45) is 2.67. The summed E-state index contributed by atoms with van der Waals surface area (Å²) < 4.78 is 50.1. The van der Waals surface area contributed by atoms with Crippen LogP contribution in [0.25, 0.3) is 22.2 Å². The van der Waals surface area contributed by atoms with Crippen LogP contribution in [-0.4, -0.2) is 20.3 Å². The standard InChI is InChI=1S/C31H24F3N3O3/c1-16-11-20(32)6-7-21(16)28-18(3)37(4)15-22(30(28)39)25(38)14-19-5-8-26(23(33)13-19)40-27-9-10-35-24-12-17(2)31(34)36-29(24)27/h5-13,15H,14H2,1-4H3. The number of halogens is 3. The van der Waals surface area contributed by atoms with Gasteiger partial charge in [-0.25, -0.2) is 13.8 Å². The zero-order valence-corrected chi connectivity index (χ0v) is 22.2. The van der Waals surface area contributed by atoms with Gasteiger partial charge in [0.25, 0.3) is 0 Å². The Morgan fingerprint density at radius 2 is 1.73 bits per heavy atom. The predicted molar refractivity (Wildman–Crippen MR) is 145 cm³/mol. The van der Waals surface area contributed by atoms with Gasteiger partial charge in [-0.05, 0) is 67.8 Å². The summed E-state index contributed by atoms with van der Waals surface area (Å²) in [7, 11) is 1.71. The second-order valence-electron chi connectivity index (χ2n) is 9.64. The highest BCUT2D eigenvalue weighted by atomic mass is 19.1. The highest BCUT2D eigenvalue weighted by Gasteiger charge is 2.21. The summed E-state index contributed by atoms with van der Waals surface area (Å²) >= 11 is 0. The van der Waals surface area contributed by atoms with Gasteiger partial charge in [0.15, 0.2) is 28.5 Å². The second kappa shape index (κ2) is 10.4. The van der Waals surface area contributed by atoms with Crippen LogP contribution >= 0.6 is 0 Å². The molecule has 3 aromatic heterocycles. The predicted octanol–water partition coefficient (Wildman–Crippen LogP) is 6.56. The van der Waals surface area contributed by atoms with Crippen LogP contribution in [0.15, 0.2) is 65.7 Å². The van der Waals surface area contributed by atoms with E-state index in [1.807, 2.05) is 0 Å². The SMILES string of the molecule is Cc1cc(F)ccc1-c1c(C)n(C)cc(C(=O)Cc2ccc(Oc3ccnc4cc(C)c(F)nc34)c(F)c2)c1=O. The lowest BCUT2D eigenvalue weighted by Crippen LogP contribution is -2.23. The molecule has 5 aromatic rings. The maximum absolute atomic E-state index is 15.0. The molecule has 0 fully saturated rings. The molecule has 9 heteroatoms. The third kappa shape index (κ3) is 4.98. The van der Waals surface area contributed by atoms with E-state index in [0.29, 0.717) is 39.0 Å². The Bertz CT molecular complexity index is 1880. The number of Topliss-reactive ketones (excluding diaryl/α,β-unsaturated/α-hetero) is 1. The summed E-state index contributed by atoms with van der Waals surface area (Å²) in [5, 5.41) is 0. The average Bonchev–Trinajstić information content (AvgIpc) is 2.90. The molecule has 0 saturated heterocycles. The van der Waals surface area contributed by atoms with Gasteiger partial charge in [0.1, 0.15) is 11.3 Å². The Kier molecular flexibility index (Phi) is 6.97. The van der Waals surface area contributed by atoms with E-state index in [4.69, 9.17) is 4.74 Å². The molecule has 0 N–H and O–H groups in total. The van der Waals surface area contributed by atoms with Gasteiger partial charge in [-0.15, -0.1) is 0 Å². The van der Waals surface area contributed by atoms with E-state index in [0.717, 1.165) is 6.07 Å². The molecule has 0 amide bonds. The number of hydrogen-bond acceptors (Lipinski definition) is 5. The number of fused-ring (bicyclic) bond motifs is 1. The molecule has 0 aliphatic carbocycles. The minimum absolute atomic E-state index is 0.0563. The quantitative estimate of drug-likeness (QED) is 0.179. The van der Waals surface area contributed by atoms with E-state index in [9.17, 15) is 18.4 Å². The van der Waals surface area contributed by atoms with Crippen molar-refractivity contribution in [1.82, 2.24) is 14.5 Å². The summed E-state index contributed by atoms with van der Waals surface area (Å²) in [6, 6.07) is 11.1. The average molecular weight is 544 g/mol. The summed E-state index contributed by atoms with van der Waals surface area (Å²) in [5.41, 5.74) is 2.70. The number of ketones is 1. The van der Waals surface area contributed by atoms with E-state index >= 15 is 4.39 Å². The molecule has 5 rings (SSSR count). The first-order valence-electron chi connectivity index (χ1n) is 12.4. The van der Waals surface area contributed by atoms with Gasteiger partial charge >= 0.3 is 0 Å². The number of pyridine rings is 3. The van der Waals surface area contributed by atoms with Gasteiger partial charge in [0, 0.05) is 48.7 Å². The van der Waals surface area contributed by atoms with Gasteiger partial charge in [-0.1, -0.05) is 12.1 Å². The fraction of sp³-hybridized carbons (Fsp3) is 0.161. The van der Waals surface area contributed by atoms with Crippen molar-refractivity contribution in [2.45, 2.75) is 27.2 Å². The van der Waals surface area contributed by atoms with Crippen molar-refractivity contribution in [3.63, 3.8) is 0 Å². The maximum atomic E-state index is 15.0. The van der Waals surface area contributed by atoms with Crippen molar-refractivity contribution < 1.29 is 22.7 Å². The summed E-state index contributed by atoms with van der Waals surface area (Å²) in [4.78, 5) is 34.7. The zero-order valence-electron chi connectivity index (χ0n) is 22.2. The topological polar surface area (TPSA) is 74.1 Å². The van der Waals surface area contributed by atoms with E-state index in [1.165, 1.54) is 54.9 Å². The van der Waals surface area contributed by atoms with Crippen LogP contribution in [0.5, 0.6) is 11.5 Å². The molecular weight excluding hydrogens is 519 g/mol. The van der Waals surface area contributed by atoms with E-state index in [1.54, 1.807) is 32.4 Å².